The van der Waals surface area contributed by atoms with E-state index < -0.39 is 32.8 Å². The van der Waals surface area contributed by atoms with Crippen LogP contribution in [0.5, 0.6) is 0 Å². The van der Waals surface area contributed by atoms with Gasteiger partial charge in [0.2, 0.25) is 0 Å². The van der Waals surface area contributed by atoms with Crippen LogP contribution in [0.15, 0.2) is 14.1 Å². The summed E-state index contributed by atoms with van der Waals surface area (Å²) in [4.78, 5) is 22.9. The van der Waals surface area contributed by atoms with E-state index in [0.717, 1.165) is 4.57 Å². The van der Waals surface area contributed by atoms with Crippen LogP contribution < -0.4 is 11.4 Å². The quantitative estimate of drug-likeness (QED) is 0.739. The average Bonchev–Trinajstić information content (AvgIpc) is 2.41. The summed E-state index contributed by atoms with van der Waals surface area (Å²) in [6.45, 7) is 5.97. The van der Waals surface area contributed by atoms with Crippen molar-refractivity contribution in [3.05, 3.63) is 21.0 Å². The van der Waals surface area contributed by atoms with Crippen LogP contribution in [0.3, 0.4) is 0 Å². The van der Waals surface area contributed by atoms with Crippen LogP contribution in [0.25, 0.3) is 0 Å². The average molecular weight is 250 g/mol. The minimum atomic E-state index is -3.93. The van der Waals surface area contributed by atoms with Crippen LogP contribution in [0.1, 0.15) is 33.7 Å². The first kappa shape index (κ1) is 12.8. The monoisotopic (exact) mass is 250 g/mol. The minimum absolute atomic E-state index is 0.153. The molecule has 0 radical (unpaired) electrons. The van der Waals surface area contributed by atoms with Crippen LogP contribution in [-0.2, 0) is 10.0 Å². The Labute approximate surface area is 92.3 Å². The Balaban J connectivity index is 3.59. The van der Waals surface area contributed by atoms with Gasteiger partial charge in [0.25, 0.3) is 10.0 Å². The number of hydrogen-bond donors (Lipinski definition) is 0. The number of rotatable bonds is 3. The molecule has 1 aromatic rings. The van der Waals surface area contributed by atoms with Gasteiger partial charge in [-0.2, -0.15) is 0 Å². The third-order valence-corrected chi connectivity index (χ3v) is 3.95. The van der Waals surface area contributed by atoms with E-state index in [1.54, 1.807) is 13.8 Å². The Hall–Kier alpha value is -1.31. The van der Waals surface area contributed by atoms with E-state index in [9.17, 15) is 18.0 Å². The third-order valence-electron chi connectivity index (χ3n) is 2.06. The maximum Gasteiger partial charge on any atom is 0.443 e. The van der Waals surface area contributed by atoms with E-state index >= 15 is 0 Å². The van der Waals surface area contributed by atoms with Gasteiger partial charge in [-0.05, 0) is 31.8 Å². The Morgan fingerprint density at radius 2 is 1.62 bits per heavy atom. The minimum Gasteiger partial charge on any atom is -0.301 e. The Morgan fingerprint density at radius 1 is 1.12 bits per heavy atom. The van der Waals surface area contributed by atoms with Crippen molar-refractivity contribution in [1.82, 2.24) is 8.71 Å². The Kier molecular flexibility index (Phi) is 3.13. The number of nitrogens with zero attached hydrogens (tertiary/aromatic N) is 2. The van der Waals surface area contributed by atoms with Gasteiger partial charge in [-0.15, -0.1) is 0 Å². The van der Waals surface area contributed by atoms with Crippen LogP contribution >= 0.6 is 0 Å². The van der Waals surface area contributed by atoms with Crippen LogP contribution in [-0.4, -0.2) is 22.4 Å². The first-order chi connectivity index (χ1) is 7.19. The summed E-state index contributed by atoms with van der Waals surface area (Å²) in [5, 5.41) is -0.837. The summed E-state index contributed by atoms with van der Waals surface area (Å²) in [5.74, 6) is -0.968. The summed E-state index contributed by atoms with van der Waals surface area (Å²) < 4.78 is 28.7. The molecule has 0 amide bonds. The zero-order chi connectivity index (χ0) is 12.7. The molecule has 8 heteroatoms. The highest BCUT2D eigenvalue weighted by molar-refractivity contribution is 7.90. The molecule has 0 fully saturated rings. The molecular formula is C8H14N2O5S. The van der Waals surface area contributed by atoms with Crippen molar-refractivity contribution in [2.24, 2.45) is 0 Å². The van der Waals surface area contributed by atoms with E-state index in [4.69, 9.17) is 0 Å². The van der Waals surface area contributed by atoms with Gasteiger partial charge in [-0.25, -0.2) is 22.6 Å². The topological polar surface area (TPSA) is 91.3 Å². The summed E-state index contributed by atoms with van der Waals surface area (Å²) in [6.07, 6.45) is 0. The molecule has 1 heterocycles. The molecule has 0 saturated heterocycles. The second kappa shape index (κ2) is 3.93. The molecule has 0 aromatic carbocycles. The largest absolute Gasteiger partial charge is 0.443 e. The highest BCUT2D eigenvalue weighted by Crippen LogP contribution is 2.02. The van der Waals surface area contributed by atoms with E-state index in [1.165, 1.54) is 13.8 Å². The molecule has 1 rings (SSSR count). The predicted molar refractivity (Wildman–Crippen MR) is 57.1 cm³/mol. The molecule has 0 aliphatic carbocycles. The highest BCUT2D eigenvalue weighted by atomic mass is 32.2. The van der Waals surface area contributed by atoms with Crippen molar-refractivity contribution >= 4 is 10.0 Å². The van der Waals surface area contributed by atoms with Crippen LogP contribution in [0, 0.1) is 0 Å². The lowest BCUT2D eigenvalue weighted by atomic mass is 10.4. The molecule has 0 unspecified atom stereocenters. The number of aromatic nitrogens is 2. The van der Waals surface area contributed by atoms with E-state index in [-0.39, 0.29) is 4.15 Å². The highest BCUT2D eigenvalue weighted by Gasteiger charge is 2.27. The van der Waals surface area contributed by atoms with Gasteiger partial charge >= 0.3 is 11.4 Å². The van der Waals surface area contributed by atoms with Gasteiger partial charge in [0, 0.05) is 6.04 Å². The number of hydrogen-bond acceptors (Lipinski definition) is 5. The van der Waals surface area contributed by atoms with Crippen molar-refractivity contribution in [3.63, 3.8) is 0 Å². The van der Waals surface area contributed by atoms with Crippen molar-refractivity contribution in [2.45, 2.75) is 39.0 Å². The fourth-order valence-corrected chi connectivity index (χ4v) is 1.96. The molecule has 0 bridgehead atoms. The predicted octanol–water partition coefficient (Wildman–Crippen LogP) is -0.230. The zero-order valence-electron chi connectivity index (χ0n) is 9.50. The molecule has 0 aliphatic rings. The Bertz CT molecular complexity index is 587. The SMILES string of the molecule is CC(C)n1c(=O)on(S(=O)(=O)C(C)C)c1=O. The van der Waals surface area contributed by atoms with Crippen LogP contribution in [0.4, 0.5) is 0 Å². The molecular weight excluding hydrogens is 236 g/mol. The van der Waals surface area contributed by atoms with Gasteiger partial charge in [-0.3, -0.25) is 0 Å². The maximum absolute atomic E-state index is 11.7. The van der Waals surface area contributed by atoms with E-state index in [1.807, 2.05) is 0 Å². The first-order valence-electron chi connectivity index (χ1n) is 4.78. The van der Waals surface area contributed by atoms with Gasteiger partial charge in [-0.1, -0.05) is 0 Å². The summed E-state index contributed by atoms with van der Waals surface area (Å²) >= 11 is 0. The second-order valence-corrected chi connectivity index (χ2v) is 6.23. The molecule has 0 atom stereocenters. The van der Waals surface area contributed by atoms with Gasteiger partial charge in [0.1, 0.15) is 0 Å². The smallest absolute Gasteiger partial charge is 0.301 e. The zero-order valence-corrected chi connectivity index (χ0v) is 10.3. The normalized spacial score (nSPS) is 12.6. The molecule has 16 heavy (non-hydrogen) atoms. The van der Waals surface area contributed by atoms with Crippen LogP contribution in [0.2, 0.25) is 0 Å². The van der Waals surface area contributed by atoms with Crippen molar-refractivity contribution in [3.8, 4) is 0 Å². The standard InChI is InChI=1S/C8H14N2O5S/c1-5(2)9-7(11)10(15-8(9)12)16(13,14)6(3)4/h5-6H,1-4H3. The van der Waals surface area contributed by atoms with Crippen molar-refractivity contribution in [2.75, 3.05) is 0 Å². The van der Waals surface area contributed by atoms with E-state index in [0.29, 0.717) is 0 Å². The Morgan fingerprint density at radius 3 is 1.94 bits per heavy atom. The third kappa shape index (κ3) is 1.84. The summed E-state index contributed by atoms with van der Waals surface area (Å²) in [7, 11) is -3.93. The van der Waals surface area contributed by atoms with Gasteiger partial charge < -0.3 is 4.52 Å². The van der Waals surface area contributed by atoms with Gasteiger partial charge in [0.05, 0.1) is 5.25 Å². The molecule has 0 saturated carbocycles. The molecule has 7 nitrogen and oxygen atoms in total. The van der Waals surface area contributed by atoms with Gasteiger partial charge in [0.15, 0.2) is 0 Å². The van der Waals surface area contributed by atoms with Crippen molar-refractivity contribution in [1.29, 1.82) is 0 Å². The molecule has 92 valence electrons. The molecule has 1 aromatic heterocycles. The lowest BCUT2D eigenvalue weighted by Crippen LogP contribution is -2.35. The van der Waals surface area contributed by atoms with Crippen molar-refractivity contribution < 1.29 is 12.9 Å². The lowest BCUT2D eigenvalue weighted by molar-refractivity contribution is 0.326. The molecule has 0 N–H and O–H groups in total. The molecule has 0 spiro atoms. The summed E-state index contributed by atoms with van der Waals surface area (Å²) in [6, 6.07) is -0.452. The summed E-state index contributed by atoms with van der Waals surface area (Å²) in [5.41, 5.74) is -0.964. The lowest BCUT2D eigenvalue weighted by Gasteiger charge is -2.04. The fourth-order valence-electron chi connectivity index (χ4n) is 1.10. The fraction of sp³-hybridized carbons (Fsp3) is 0.750. The first-order valence-corrected chi connectivity index (χ1v) is 6.29. The molecule has 0 aliphatic heterocycles. The van der Waals surface area contributed by atoms with E-state index in [2.05, 4.69) is 4.52 Å². The second-order valence-electron chi connectivity index (χ2n) is 3.92. The maximum atomic E-state index is 11.7.